The predicted molar refractivity (Wildman–Crippen MR) is 224 cm³/mol. The normalized spacial score (nSPS) is 30.5. The van der Waals surface area contributed by atoms with E-state index in [0.29, 0.717) is 142 Å². The van der Waals surface area contributed by atoms with Crippen LogP contribution in [0.3, 0.4) is 0 Å². The molecule has 9 rings (SSSR count). The molecule has 0 radical (unpaired) electrons. The van der Waals surface area contributed by atoms with Crippen LogP contribution in [0.15, 0.2) is 0 Å². The van der Waals surface area contributed by atoms with Crippen LogP contribution in [0.2, 0.25) is 18.1 Å². The van der Waals surface area contributed by atoms with E-state index >= 15 is 0 Å². The minimum atomic E-state index is -2.77. The minimum Gasteiger partial charge on any atom is -0.448 e. The molecule has 6 bridgehead atoms. The molecule has 0 saturated carbocycles. The van der Waals surface area contributed by atoms with E-state index in [9.17, 15) is 14.4 Å². The molecule has 9 aliphatic heterocycles. The summed E-state index contributed by atoms with van der Waals surface area (Å²) in [5, 5.41) is 8.41. The van der Waals surface area contributed by atoms with Gasteiger partial charge >= 0.3 is 44.7 Å². The van der Waals surface area contributed by atoms with E-state index in [1.807, 2.05) is 4.90 Å². The molecule has 3 N–H and O–H groups in total. The second-order valence-corrected chi connectivity index (χ2v) is 24.1. The van der Waals surface area contributed by atoms with Crippen molar-refractivity contribution in [1.29, 1.82) is 0 Å². The Balaban J connectivity index is 0.873. The second kappa shape index (κ2) is 26.1. The molecule has 0 aromatic carbocycles. The molecule has 0 unspecified atom stereocenters. The van der Waals surface area contributed by atoms with Crippen LogP contribution in [0.1, 0.15) is 38.5 Å². The lowest BCUT2D eigenvalue weighted by molar-refractivity contribution is -0.00898. The van der Waals surface area contributed by atoms with Crippen molar-refractivity contribution in [3.05, 3.63) is 0 Å². The van der Waals surface area contributed by atoms with E-state index < -0.39 is 44.7 Å². The monoisotopic (exact) mass is 922 g/mol. The summed E-state index contributed by atoms with van der Waals surface area (Å²) in [5.41, 5.74) is 0. The molecule has 9 saturated heterocycles. The largest absolute Gasteiger partial charge is 0.501 e. The molecule has 61 heavy (non-hydrogen) atoms. The van der Waals surface area contributed by atoms with Crippen LogP contribution in [-0.2, 0) is 54.0 Å². The third-order valence-electron chi connectivity index (χ3n) is 11.6. The number of hydrogen-bond acceptors (Lipinski definition) is 18. The van der Waals surface area contributed by atoms with Crippen molar-refractivity contribution in [3.8, 4) is 0 Å². The zero-order valence-electron chi connectivity index (χ0n) is 35.9. The molecule has 0 aromatic rings. The number of rotatable bonds is 21. The third kappa shape index (κ3) is 17.1. The topological polar surface area (TPSA) is 208 Å². The number of nitrogens with zero attached hydrogens (tertiary/aromatic N) is 3. The molecule has 0 atom stereocenters. The van der Waals surface area contributed by atoms with Crippen molar-refractivity contribution < 1.29 is 68.4 Å². The standard InChI is InChI=1S/C37H70N6O15Si3/c44-35(38-7-1-31-59-50-19-4-34(5-20-51-59)6-21-52-59)47-22-10-41(11-23-48-36(45)39-8-2-32-60-53-25-13-42(14-26-54-60)15-27-55-60)12-24-49-37(46)40-9-3-33-61-56-28-16-43(17-29-57-61)18-30-58-61/h34H,1-33H2,(H,38,44)(H,39,45)(H,40,46). The van der Waals surface area contributed by atoms with Crippen molar-refractivity contribution in [2.75, 3.05) is 158 Å². The van der Waals surface area contributed by atoms with E-state index in [1.54, 1.807) is 0 Å². The first-order valence-corrected chi connectivity index (χ1v) is 28.3. The molecular formula is C37H70N6O15Si3. The maximum absolute atomic E-state index is 12.6. The highest BCUT2D eigenvalue weighted by atomic mass is 28.4. The number of amides is 3. The summed E-state index contributed by atoms with van der Waals surface area (Å²) < 4.78 is 71.2. The summed E-state index contributed by atoms with van der Waals surface area (Å²) in [6, 6.07) is 1.85. The van der Waals surface area contributed by atoms with Gasteiger partial charge in [0, 0.05) is 116 Å². The first kappa shape index (κ1) is 48.4. The molecule has 21 nitrogen and oxygen atoms in total. The van der Waals surface area contributed by atoms with Crippen LogP contribution < -0.4 is 16.0 Å². The van der Waals surface area contributed by atoms with Crippen molar-refractivity contribution in [2.45, 2.75) is 56.7 Å². The van der Waals surface area contributed by atoms with Crippen molar-refractivity contribution in [3.63, 3.8) is 0 Å². The Hall–Kier alpha value is -2.02. The number of fused-ring (bicyclic) bond motifs is 18. The highest BCUT2D eigenvalue weighted by molar-refractivity contribution is 6.61. The number of nitrogens with one attached hydrogen (secondary N) is 3. The van der Waals surface area contributed by atoms with Gasteiger partial charge in [0.2, 0.25) is 0 Å². The molecule has 9 aliphatic rings. The lowest BCUT2D eigenvalue weighted by Gasteiger charge is -2.38. The Morgan fingerprint density at radius 1 is 0.459 bits per heavy atom. The van der Waals surface area contributed by atoms with Gasteiger partial charge in [-0.3, -0.25) is 14.7 Å². The molecule has 0 aromatic heterocycles. The van der Waals surface area contributed by atoms with E-state index in [-0.39, 0.29) is 19.8 Å². The second-order valence-electron chi connectivity index (χ2n) is 15.9. The molecule has 9 fully saturated rings. The van der Waals surface area contributed by atoms with Gasteiger partial charge in [0.1, 0.15) is 19.8 Å². The SMILES string of the molecule is O=C(NCCC[Si]12OCCC(CCO1)CCO2)OCCN(CCOC(=O)NCCC[Si]12OCCN(CCO1)CCO2)CCOC(=O)NCCC[Si]12OCCN(CCO1)CCO2. The zero-order chi connectivity index (χ0) is 42.5. The van der Waals surface area contributed by atoms with Crippen molar-refractivity contribution in [2.24, 2.45) is 5.92 Å². The van der Waals surface area contributed by atoms with E-state index in [1.165, 1.54) is 0 Å². The lowest BCUT2D eigenvalue weighted by atomic mass is 9.99. The molecular weight excluding hydrogens is 853 g/mol. The van der Waals surface area contributed by atoms with Crippen LogP contribution in [0, 0.1) is 5.92 Å². The van der Waals surface area contributed by atoms with Gasteiger partial charge in [-0.1, -0.05) is 0 Å². The highest BCUT2D eigenvalue weighted by Gasteiger charge is 2.45. The third-order valence-corrected chi connectivity index (χ3v) is 20.3. The summed E-state index contributed by atoms with van der Waals surface area (Å²) in [7, 11) is -8.27. The van der Waals surface area contributed by atoms with E-state index in [4.69, 9.17) is 54.0 Å². The molecule has 350 valence electrons. The molecule has 0 aliphatic carbocycles. The quantitative estimate of drug-likeness (QED) is 0.0837. The van der Waals surface area contributed by atoms with Crippen LogP contribution in [0.25, 0.3) is 0 Å². The fourth-order valence-corrected chi connectivity index (χ4v) is 15.6. The summed E-state index contributed by atoms with van der Waals surface area (Å²) in [4.78, 5) is 44.2. The fourth-order valence-electron chi connectivity index (χ4n) is 8.03. The number of carbonyl (C=O) groups is 3. The lowest BCUT2D eigenvalue weighted by Crippen LogP contribution is -2.55. The van der Waals surface area contributed by atoms with Crippen LogP contribution >= 0.6 is 0 Å². The average Bonchev–Trinajstić information content (AvgIpc) is 3.17. The number of ether oxygens (including phenoxy) is 3. The van der Waals surface area contributed by atoms with Gasteiger partial charge in [-0.15, -0.1) is 0 Å². The van der Waals surface area contributed by atoms with Gasteiger partial charge in [-0.25, -0.2) is 14.4 Å². The zero-order valence-corrected chi connectivity index (χ0v) is 38.9. The summed E-state index contributed by atoms with van der Waals surface area (Å²) in [6.45, 7) is 13.0. The Morgan fingerprint density at radius 2 is 0.738 bits per heavy atom. The summed E-state index contributed by atoms with van der Waals surface area (Å²) in [6.07, 6.45) is 3.38. The molecule has 24 heteroatoms. The van der Waals surface area contributed by atoms with Gasteiger partial charge in [-0.2, -0.15) is 0 Å². The highest BCUT2D eigenvalue weighted by Crippen LogP contribution is 2.29. The Bertz CT molecular complexity index is 1100. The number of alkyl carbamates (subject to hydrolysis) is 3. The molecule has 0 spiro atoms. The average molecular weight is 923 g/mol. The molecule has 3 amide bonds. The Morgan fingerprint density at radius 3 is 1.03 bits per heavy atom. The fraction of sp³-hybridized carbons (Fsp3) is 0.919. The van der Waals surface area contributed by atoms with E-state index in [0.717, 1.165) is 58.5 Å². The van der Waals surface area contributed by atoms with Gasteiger partial charge in [0.05, 0.1) is 39.6 Å². The van der Waals surface area contributed by atoms with Crippen molar-refractivity contribution in [1.82, 2.24) is 30.7 Å². The van der Waals surface area contributed by atoms with Gasteiger partial charge in [0.25, 0.3) is 0 Å². The number of carbonyl (C=O) groups excluding carboxylic acids is 3. The maximum atomic E-state index is 12.6. The van der Waals surface area contributed by atoms with E-state index in [2.05, 4.69) is 25.8 Å². The summed E-state index contributed by atoms with van der Waals surface area (Å²) in [5.74, 6) is 0.588. The van der Waals surface area contributed by atoms with Crippen LogP contribution in [0.4, 0.5) is 14.4 Å². The first-order valence-electron chi connectivity index (χ1n) is 22.5. The van der Waals surface area contributed by atoms with Gasteiger partial charge < -0.3 is 70.0 Å². The molecule has 9 heterocycles. The van der Waals surface area contributed by atoms with Crippen molar-refractivity contribution >= 4 is 44.7 Å². The predicted octanol–water partition coefficient (Wildman–Crippen LogP) is 1.08. The van der Waals surface area contributed by atoms with Gasteiger partial charge in [0.15, 0.2) is 0 Å². The van der Waals surface area contributed by atoms with Crippen LogP contribution in [-0.4, -0.2) is 217 Å². The number of hydrogen-bond donors (Lipinski definition) is 3. The summed E-state index contributed by atoms with van der Waals surface area (Å²) >= 11 is 0. The smallest absolute Gasteiger partial charge is 0.448 e. The first-order chi connectivity index (χ1) is 29.8. The Kier molecular flexibility index (Phi) is 20.7. The van der Waals surface area contributed by atoms with Crippen LogP contribution in [0.5, 0.6) is 0 Å². The minimum absolute atomic E-state index is 0.0726. The van der Waals surface area contributed by atoms with Gasteiger partial charge in [-0.05, 0) is 44.4 Å². The Labute approximate surface area is 363 Å². The maximum Gasteiger partial charge on any atom is 0.501 e.